The van der Waals surface area contributed by atoms with Crippen LogP contribution in [0.25, 0.3) is 0 Å². The maximum atomic E-state index is 13.1. The Labute approximate surface area is 170 Å². The zero-order valence-electron chi connectivity index (χ0n) is 16.8. The summed E-state index contributed by atoms with van der Waals surface area (Å²) in [7, 11) is -3.62. The Morgan fingerprint density at radius 2 is 1.55 bits per heavy atom. The highest BCUT2D eigenvalue weighted by Crippen LogP contribution is 2.26. The SMILES string of the molecule is Cc1cc(C)c(S(=O)(=O)N2CCN(C(=O)COc3ccc(F)cc3)CC2)c(C)c1. The molecule has 1 saturated heterocycles. The molecular weight excluding hydrogens is 395 g/mol. The topological polar surface area (TPSA) is 66.9 Å². The monoisotopic (exact) mass is 420 g/mol. The van der Waals surface area contributed by atoms with Crippen molar-refractivity contribution in [1.82, 2.24) is 9.21 Å². The molecule has 1 heterocycles. The van der Waals surface area contributed by atoms with Crippen molar-refractivity contribution in [1.29, 1.82) is 0 Å². The van der Waals surface area contributed by atoms with Crippen LogP contribution in [0.4, 0.5) is 4.39 Å². The van der Waals surface area contributed by atoms with E-state index in [9.17, 15) is 17.6 Å². The largest absolute Gasteiger partial charge is 0.484 e. The average Bonchev–Trinajstić information content (AvgIpc) is 2.66. The van der Waals surface area contributed by atoms with Gasteiger partial charge >= 0.3 is 0 Å². The molecule has 0 aliphatic carbocycles. The van der Waals surface area contributed by atoms with E-state index in [1.165, 1.54) is 28.6 Å². The third-order valence-electron chi connectivity index (χ3n) is 4.97. The Morgan fingerprint density at radius 1 is 1.00 bits per heavy atom. The van der Waals surface area contributed by atoms with Gasteiger partial charge in [0.1, 0.15) is 11.6 Å². The second kappa shape index (κ2) is 8.51. The van der Waals surface area contributed by atoms with Gasteiger partial charge in [-0.15, -0.1) is 0 Å². The zero-order chi connectivity index (χ0) is 21.2. The van der Waals surface area contributed by atoms with Crippen LogP contribution in [-0.4, -0.2) is 56.3 Å². The number of amides is 1. The molecule has 2 aromatic rings. The van der Waals surface area contributed by atoms with Crippen molar-refractivity contribution in [3.05, 3.63) is 58.9 Å². The molecule has 1 aliphatic heterocycles. The molecule has 29 heavy (non-hydrogen) atoms. The second-order valence-corrected chi connectivity index (χ2v) is 9.13. The fourth-order valence-electron chi connectivity index (χ4n) is 3.65. The Kier molecular flexibility index (Phi) is 6.24. The highest BCUT2D eigenvalue weighted by molar-refractivity contribution is 7.89. The molecular formula is C21H25FN2O4S. The summed E-state index contributed by atoms with van der Waals surface area (Å²) in [5, 5.41) is 0. The smallest absolute Gasteiger partial charge is 0.260 e. The van der Waals surface area contributed by atoms with Crippen molar-refractivity contribution in [3.63, 3.8) is 0 Å². The van der Waals surface area contributed by atoms with Crippen LogP contribution in [-0.2, 0) is 14.8 Å². The predicted octanol–water partition coefficient (Wildman–Crippen LogP) is 2.66. The van der Waals surface area contributed by atoms with Crippen LogP contribution >= 0.6 is 0 Å². The molecule has 0 saturated carbocycles. The number of carbonyl (C=O) groups excluding carboxylic acids is 1. The molecule has 1 amide bonds. The molecule has 0 spiro atoms. The number of sulfonamides is 1. The standard InChI is InChI=1S/C21H25FN2O4S/c1-15-12-16(2)21(17(3)13-15)29(26,27)24-10-8-23(9-11-24)20(25)14-28-19-6-4-18(22)5-7-19/h4-7,12-13H,8-11,14H2,1-3H3. The van der Waals surface area contributed by atoms with Crippen molar-refractivity contribution in [3.8, 4) is 5.75 Å². The summed E-state index contributed by atoms with van der Waals surface area (Å²) >= 11 is 0. The van der Waals surface area contributed by atoms with Crippen LogP contribution in [0.2, 0.25) is 0 Å². The lowest BCUT2D eigenvalue weighted by Crippen LogP contribution is -2.51. The number of benzene rings is 2. The Morgan fingerprint density at radius 3 is 2.10 bits per heavy atom. The summed E-state index contributed by atoms with van der Waals surface area (Å²) < 4.78 is 46.0. The zero-order valence-corrected chi connectivity index (χ0v) is 17.6. The van der Waals surface area contributed by atoms with Gasteiger partial charge in [-0.3, -0.25) is 4.79 Å². The molecule has 0 atom stereocenters. The van der Waals surface area contributed by atoms with Gasteiger partial charge in [0.15, 0.2) is 6.61 Å². The molecule has 0 aromatic heterocycles. The lowest BCUT2D eigenvalue weighted by Gasteiger charge is -2.34. The summed E-state index contributed by atoms with van der Waals surface area (Å²) in [4.78, 5) is 14.3. The second-order valence-electron chi connectivity index (χ2n) is 7.26. The van der Waals surface area contributed by atoms with E-state index in [1.54, 1.807) is 18.7 Å². The van der Waals surface area contributed by atoms with Gasteiger partial charge in [0.05, 0.1) is 4.90 Å². The summed E-state index contributed by atoms with van der Waals surface area (Å²) in [6.07, 6.45) is 0. The molecule has 0 N–H and O–H groups in total. The van der Waals surface area contributed by atoms with Crippen molar-refractivity contribution in [2.45, 2.75) is 25.7 Å². The van der Waals surface area contributed by atoms with E-state index in [-0.39, 0.29) is 31.4 Å². The highest BCUT2D eigenvalue weighted by atomic mass is 32.2. The minimum atomic E-state index is -3.62. The van der Waals surface area contributed by atoms with Crippen LogP contribution in [0.5, 0.6) is 5.75 Å². The fraction of sp³-hybridized carbons (Fsp3) is 0.381. The summed E-state index contributed by atoms with van der Waals surface area (Å²) in [6, 6.07) is 9.18. The average molecular weight is 421 g/mol. The lowest BCUT2D eigenvalue weighted by molar-refractivity contribution is -0.134. The number of hydrogen-bond acceptors (Lipinski definition) is 4. The Balaban J connectivity index is 1.61. The molecule has 8 heteroatoms. The number of hydrogen-bond donors (Lipinski definition) is 0. The molecule has 156 valence electrons. The van der Waals surface area contributed by atoms with E-state index in [0.717, 1.165) is 16.7 Å². The molecule has 3 rings (SSSR count). The number of halogens is 1. The van der Waals surface area contributed by atoms with Crippen molar-refractivity contribution in [2.24, 2.45) is 0 Å². The van der Waals surface area contributed by atoms with Crippen LogP contribution < -0.4 is 4.74 Å². The van der Waals surface area contributed by atoms with E-state index < -0.39 is 10.0 Å². The minimum absolute atomic E-state index is 0.172. The van der Waals surface area contributed by atoms with Crippen molar-refractivity contribution >= 4 is 15.9 Å². The van der Waals surface area contributed by atoms with Crippen LogP contribution in [0.3, 0.4) is 0 Å². The summed E-state index contributed by atoms with van der Waals surface area (Å²) in [5.41, 5.74) is 2.48. The fourth-order valence-corrected chi connectivity index (χ4v) is 5.48. The summed E-state index contributed by atoms with van der Waals surface area (Å²) in [6.45, 7) is 6.45. The number of ether oxygens (including phenoxy) is 1. The van der Waals surface area contributed by atoms with E-state index in [4.69, 9.17) is 4.74 Å². The van der Waals surface area contributed by atoms with E-state index in [2.05, 4.69) is 0 Å². The molecule has 0 radical (unpaired) electrons. The van der Waals surface area contributed by atoms with Gasteiger partial charge < -0.3 is 9.64 Å². The van der Waals surface area contributed by atoms with Gasteiger partial charge in [-0.1, -0.05) is 17.7 Å². The molecule has 2 aromatic carbocycles. The third-order valence-corrected chi connectivity index (χ3v) is 7.17. The van der Waals surface area contributed by atoms with Gasteiger partial charge in [0, 0.05) is 26.2 Å². The van der Waals surface area contributed by atoms with Gasteiger partial charge in [0.2, 0.25) is 10.0 Å². The number of aryl methyl sites for hydroxylation is 3. The van der Waals surface area contributed by atoms with Crippen LogP contribution in [0.15, 0.2) is 41.3 Å². The Bertz CT molecular complexity index is 975. The Hall–Kier alpha value is -2.45. The maximum absolute atomic E-state index is 13.1. The van der Waals surface area contributed by atoms with Crippen LogP contribution in [0, 0.1) is 26.6 Å². The number of carbonyl (C=O) groups is 1. The first-order valence-electron chi connectivity index (χ1n) is 9.42. The quantitative estimate of drug-likeness (QED) is 0.746. The molecule has 0 bridgehead atoms. The van der Waals surface area contributed by atoms with E-state index in [1.807, 2.05) is 19.1 Å². The van der Waals surface area contributed by atoms with E-state index >= 15 is 0 Å². The van der Waals surface area contributed by atoms with Crippen LogP contribution in [0.1, 0.15) is 16.7 Å². The first kappa shape index (κ1) is 21.3. The minimum Gasteiger partial charge on any atom is -0.484 e. The lowest BCUT2D eigenvalue weighted by atomic mass is 10.1. The van der Waals surface area contributed by atoms with Crippen molar-refractivity contribution < 1.29 is 22.3 Å². The highest BCUT2D eigenvalue weighted by Gasteiger charge is 2.32. The molecule has 1 fully saturated rings. The third kappa shape index (κ3) is 4.76. The predicted molar refractivity (Wildman–Crippen MR) is 108 cm³/mol. The van der Waals surface area contributed by atoms with Crippen molar-refractivity contribution in [2.75, 3.05) is 32.8 Å². The number of rotatable bonds is 5. The van der Waals surface area contributed by atoms with Gasteiger partial charge in [-0.2, -0.15) is 4.31 Å². The first-order valence-corrected chi connectivity index (χ1v) is 10.9. The number of nitrogens with zero attached hydrogens (tertiary/aromatic N) is 2. The first-order chi connectivity index (χ1) is 13.7. The van der Waals surface area contributed by atoms with E-state index in [0.29, 0.717) is 23.7 Å². The van der Waals surface area contributed by atoms with Gasteiger partial charge in [-0.25, -0.2) is 12.8 Å². The maximum Gasteiger partial charge on any atom is 0.260 e. The molecule has 6 nitrogen and oxygen atoms in total. The van der Waals surface area contributed by atoms with Gasteiger partial charge in [-0.05, 0) is 56.2 Å². The normalized spacial score (nSPS) is 15.4. The number of piperazine rings is 1. The molecule has 1 aliphatic rings. The summed E-state index contributed by atoms with van der Waals surface area (Å²) in [5.74, 6) is -0.194. The van der Waals surface area contributed by atoms with Gasteiger partial charge in [0.25, 0.3) is 5.91 Å². The molecule has 0 unspecified atom stereocenters.